The van der Waals surface area contributed by atoms with Gasteiger partial charge in [0, 0.05) is 39.0 Å². The summed E-state index contributed by atoms with van der Waals surface area (Å²) in [5.41, 5.74) is 4.50. The summed E-state index contributed by atoms with van der Waals surface area (Å²) in [6.45, 7) is 0. The molecule has 0 bridgehead atoms. The minimum atomic E-state index is 0.717. The Kier molecular flexibility index (Phi) is 11.0. The van der Waals surface area contributed by atoms with E-state index in [4.69, 9.17) is 18.9 Å². The smallest absolute Gasteiger partial charge is 0.161 e. The number of ether oxygens (including phenoxy) is 4. The van der Waals surface area contributed by atoms with Crippen molar-refractivity contribution in [2.45, 2.75) is 0 Å². The van der Waals surface area contributed by atoms with E-state index in [0.29, 0.717) is 11.5 Å². The van der Waals surface area contributed by atoms with Crippen LogP contribution in [0.25, 0.3) is 73.1 Å². The van der Waals surface area contributed by atoms with Gasteiger partial charge in [0.2, 0.25) is 0 Å². The van der Waals surface area contributed by atoms with Crippen molar-refractivity contribution in [1.82, 2.24) is 0 Å². The number of hydrogen-bond donors (Lipinski definition) is 0. The maximum atomic E-state index is 5.56. The highest BCUT2D eigenvalue weighted by molar-refractivity contribution is 7.30. The van der Waals surface area contributed by atoms with Crippen LogP contribution in [0.1, 0.15) is 22.3 Å². The van der Waals surface area contributed by atoms with Gasteiger partial charge in [0.15, 0.2) is 23.0 Å². The van der Waals surface area contributed by atoms with Crippen molar-refractivity contribution in [3.8, 4) is 71.8 Å². The highest BCUT2D eigenvalue weighted by Crippen LogP contribution is 2.48. The van der Waals surface area contributed by atoms with Crippen LogP contribution in [0.5, 0.6) is 23.0 Å². The lowest BCUT2D eigenvalue weighted by Gasteiger charge is -2.07. The monoisotopic (exact) mass is 818 g/mol. The van der Waals surface area contributed by atoms with Crippen LogP contribution >= 0.6 is 68.0 Å². The summed E-state index contributed by atoms with van der Waals surface area (Å²) < 4.78 is 22.0. The molecule has 8 rings (SSSR count). The van der Waals surface area contributed by atoms with Crippen LogP contribution in [-0.2, 0) is 0 Å². The first-order valence-corrected chi connectivity index (χ1v) is 21.9. The Morgan fingerprint density at radius 2 is 0.796 bits per heavy atom. The second kappa shape index (κ2) is 16.4. The fourth-order valence-corrected chi connectivity index (χ4v) is 12.3. The van der Waals surface area contributed by atoms with E-state index in [0.717, 1.165) is 22.6 Å². The molecule has 10 heteroatoms. The van der Waals surface area contributed by atoms with Gasteiger partial charge in [0.25, 0.3) is 0 Å². The molecule has 6 aromatic heterocycles. The van der Waals surface area contributed by atoms with Gasteiger partial charge in [0.05, 0.1) is 38.2 Å². The van der Waals surface area contributed by atoms with E-state index in [1.165, 1.54) is 59.9 Å². The highest BCUT2D eigenvalue weighted by atomic mass is 32.1. The van der Waals surface area contributed by atoms with E-state index in [2.05, 4.69) is 108 Å². The highest BCUT2D eigenvalue weighted by Gasteiger charge is 2.18. The summed E-state index contributed by atoms with van der Waals surface area (Å²) in [5, 5.41) is 4.28. The molecule has 0 spiro atoms. The van der Waals surface area contributed by atoms with Crippen LogP contribution in [0.15, 0.2) is 108 Å². The Balaban J connectivity index is 1.11. The quantitative estimate of drug-likeness (QED) is 0.116. The Morgan fingerprint density at radius 1 is 0.370 bits per heavy atom. The molecular formula is C44H34O4S6. The average Bonchev–Trinajstić information content (AvgIpc) is 4.06. The fourth-order valence-electron chi connectivity index (χ4n) is 5.99. The van der Waals surface area contributed by atoms with Gasteiger partial charge in [0.1, 0.15) is 0 Å². The molecule has 270 valence electrons. The second-order valence-corrected chi connectivity index (χ2v) is 18.1. The van der Waals surface area contributed by atoms with Crippen molar-refractivity contribution >= 4 is 92.3 Å². The summed E-state index contributed by atoms with van der Waals surface area (Å²) in [5.74, 6) is 2.87. The molecule has 0 aliphatic heterocycles. The van der Waals surface area contributed by atoms with Gasteiger partial charge in [-0.3, -0.25) is 0 Å². The Hall–Kier alpha value is -4.68. The Morgan fingerprint density at radius 3 is 1.19 bits per heavy atom. The fraction of sp³-hybridized carbons (Fsp3) is 0.0909. The molecule has 0 saturated heterocycles. The molecular weight excluding hydrogens is 785 g/mol. The van der Waals surface area contributed by atoms with Gasteiger partial charge in [-0.1, -0.05) is 48.6 Å². The van der Waals surface area contributed by atoms with E-state index < -0.39 is 0 Å². The van der Waals surface area contributed by atoms with Crippen LogP contribution in [-0.4, -0.2) is 28.4 Å². The van der Waals surface area contributed by atoms with Crippen LogP contribution < -0.4 is 18.9 Å². The SMILES string of the molecule is COc1ccc(/C=C\c2cc(-c3cccs3)sc2-c2ccc(-c3ccc(-c4sc(-c5cccs5)cc4/C=C/c4ccc(OC)c(OC)c4)s3)s2)cc1OC. The van der Waals surface area contributed by atoms with Crippen molar-refractivity contribution in [3.05, 3.63) is 130 Å². The molecule has 0 fully saturated rings. The zero-order valence-corrected chi connectivity index (χ0v) is 34.7. The van der Waals surface area contributed by atoms with Crippen LogP contribution in [0.4, 0.5) is 0 Å². The molecule has 0 aliphatic carbocycles. The molecule has 0 aliphatic rings. The Bertz CT molecular complexity index is 2380. The van der Waals surface area contributed by atoms with Gasteiger partial charge in [-0.2, -0.15) is 0 Å². The van der Waals surface area contributed by atoms with Crippen molar-refractivity contribution in [2.24, 2.45) is 0 Å². The molecule has 2 aromatic carbocycles. The van der Waals surface area contributed by atoms with Crippen molar-refractivity contribution in [1.29, 1.82) is 0 Å². The van der Waals surface area contributed by atoms with Gasteiger partial charge >= 0.3 is 0 Å². The zero-order chi connectivity index (χ0) is 37.0. The number of rotatable bonds is 13. The van der Waals surface area contributed by atoms with Crippen molar-refractivity contribution in [2.75, 3.05) is 28.4 Å². The molecule has 6 heterocycles. The van der Waals surface area contributed by atoms with Crippen LogP contribution in [0.2, 0.25) is 0 Å². The standard InChI is InChI=1S/C44H34O4S6/c1-45-31-15-11-27(23-33(31)47-3)9-13-29-25-41(35-7-5-21-49-35)53-43(29)39-19-17-37(51-39)38-18-20-40(52-38)44-30(26-42(54-44)36-8-6-22-50-36)14-10-28-12-16-32(46-2)34(24-28)48-4/h5-26H,1-4H3/b13-9-,14-10+. The molecule has 0 saturated carbocycles. The average molecular weight is 819 g/mol. The van der Waals surface area contributed by atoms with E-state index in [-0.39, 0.29) is 0 Å². The maximum Gasteiger partial charge on any atom is 0.161 e. The second-order valence-electron chi connectivity index (χ2n) is 12.0. The third kappa shape index (κ3) is 7.63. The van der Waals surface area contributed by atoms with Crippen molar-refractivity contribution < 1.29 is 18.9 Å². The third-order valence-corrected chi connectivity index (χ3v) is 15.8. The van der Waals surface area contributed by atoms with Gasteiger partial charge in [-0.05, 0) is 106 Å². The van der Waals surface area contributed by atoms with Crippen molar-refractivity contribution in [3.63, 3.8) is 0 Å². The van der Waals surface area contributed by atoms with Gasteiger partial charge in [-0.15, -0.1) is 68.0 Å². The lowest BCUT2D eigenvalue weighted by molar-refractivity contribution is 0.355. The molecule has 0 N–H and O–H groups in total. The van der Waals surface area contributed by atoms with E-state index in [1.807, 2.05) is 69.6 Å². The normalized spacial score (nSPS) is 11.6. The van der Waals surface area contributed by atoms with E-state index in [9.17, 15) is 0 Å². The number of thiophene rings is 6. The summed E-state index contributed by atoms with van der Waals surface area (Å²) in [6.07, 6.45) is 8.72. The molecule has 54 heavy (non-hydrogen) atoms. The third-order valence-electron chi connectivity index (χ3n) is 8.68. The maximum absolute atomic E-state index is 5.56. The lowest BCUT2D eigenvalue weighted by Crippen LogP contribution is -1.90. The van der Waals surface area contributed by atoms with Gasteiger partial charge < -0.3 is 18.9 Å². The number of hydrogen-bond acceptors (Lipinski definition) is 10. The molecule has 4 nitrogen and oxygen atoms in total. The number of benzene rings is 2. The first-order chi connectivity index (χ1) is 26.5. The topological polar surface area (TPSA) is 36.9 Å². The number of methoxy groups -OCH3 is 4. The zero-order valence-electron chi connectivity index (χ0n) is 29.8. The Labute approximate surface area is 339 Å². The van der Waals surface area contributed by atoms with E-state index in [1.54, 1.807) is 51.1 Å². The minimum Gasteiger partial charge on any atom is -0.493 e. The molecule has 8 aromatic rings. The predicted molar refractivity (Wildman–Crippen MR) is 238 cm³/mol. The first kappa shape index (κ1) is 36.3. The summed E-state index contributed by atoms with van der Waals surface area (Å²) in [7, 11) is 6.65. The summed E-state index contributed by atoms with van der Waals surface area (Å²) in [6, 6.07) is 34.3. The minimum absolute atomic E-state index is 0.717. The van der Waals surface area contributed by atoms with E-state index >= 15 is 0 Å². The first-order valence-electron chi connectivity index (χ1n) is 16.9. The molecule has 0 amide bonds. The molecule has 0 atom stereocenters. The lowest BCUT2D eigenvalue weighted by atomic mass is 10.1. The summed E-state index contributed by atoms with van der Waals surface area (Å²) >= 11 is 10.9. The molecule has 0 radical (unpaired) electrons. The van der Waals surface area contributed by atoms with Crippen LogP contribution in [0.3, 0.4) is 0 Å². The summed E-state index contributed by atoms with van der Waals surface area (Å²) in [4.78, 5) is 12.7. The van der Waals surface area contributed by atoms with Crippen LogP contribution in [0, 0.1) is 0 Å². The molecule has 0 unspecified atom stereocenters. The largest absolute Gasteiger partial charge is 0.493 e. The van der Waals surface area contributed by atoms with Gasteiger partial charge in [-0.25, -0.2) is 0 Å². The predicted octanol–water partition coefficient (Wildman–Crippen LogP) is 14.8.